The first-order valence-corrected chi connectivity index (χ1v) is 22.8. The Morgan fingerprint density at radius 2 is 0.881 bits per heavy atom. The molecular weight excluding hydrogens is 823 g/mol. The van der Waals surface area contributed by atoms with Crippen molar-refractivity contribution in [1.82, 2.24) is 15.0 Å². The maximum absolute atomic E-state index is 7.06. The molecule has 14 aromatic rings. The van der Waals surface area contributed by atoms with Crippen LogP contribution in [-0.4, -0.2) is 15.0 Å². The first-order chi connectivity index (χ1) is 33.2. The fourth-order valence-corrected chi connectivity index (χ4v) is 11.1. The molecule has 6 nitrogen and oxygen atoms in total. The maximum atomic E-state index is 7.06. The van der Waals surface area contributed by atoms with Crippen LogP contribution in [0.2, 0.25) is 0 Å². The predicted molar refractivity (Wildman–Crippen MR) is 270 cm³/mol. The zero-order valence-corrected chi connectivity index (χ0v) is 35.8. The molecule has 1 atom stereocenters. The molecule has 15 rings (SSSR count). The zero-order chi connectivity index (χ0) is 43.7. The predicted octanol–water partition coefficient (Wildman–Crippen LogP) is 16.2. The minimum atomic E-state index is 0.0236. The third-order valence-electron chi connectivity index (χ3n) is 14.1. The van der Waals surface area contributed by atoms with Crippen LogP contribution in [0.25, 0.3) is 133 Å². The van der Waals surface area contributed by atoms with Crippen molar-refractivity contribution in [2.24, 2.45) is 0 Å². The van der Waals surface area contributed by atoms with Gasteiger partial charge in [-0.3, -0.25) is 0 Å². The van der Waals surface area contributed by atoms with Gasteiger partial charge in [-0.2, -0.15) is 0 Å². The van der Waals surface area contributed by atoms with Gasteiger partial charge in [0.2, 0.25) is 0 Å². The van der Waals surface area contributed by atoms with Gasteiger partial charge >= 0.3 is 0 Å². The molecule has 0 N–H and O–H groups in total. The number of nitrogens with zero attached hydrogens (tertiary/aromatic N) is 3. The molecule has 0 saturated heterocycles. The highest BCUT2D eigenvalue weighted by Crippen LogP contribution is 2.48. The van der Waals surface area contributed by atoms with Crippen molar-refractivity contribution in [1.29, 1.82) is 0 Å². The highest BCUT2D eigenvalue weighted by molar-refractivity contribution is 6.21. The third-order valence-corrected chi connectivity index (χ3v) is 14.1. The van der Waals surface area contributed by atoms with Gasteiger partial charge in [0.05, 0.1) is 5.56 Å². The van der Waals surface area contributed by atoms with Gasteiger partial charge in [-0.25, -0.2) is 15.0 Å². The van der Waals surface area contributed by atoms with E-state index < -0.39 is 0 Å². The summed E-state index contributed by atoms with van der Waals surface area (Å²) >= 11 is 0. The molecule has 0 saturated carbocycles. The summed E-state index contributed by atoms with van der Waals surface area (Å²) in [6.07, 6.45) is 0.835. The monoisotopic (exact) mass is 857 g/mol. The summed E-state index contributed by atoms with van der Waals surface area (Å²) in [4.78, 5) is 16.4. The third kappa shape index (κ3) is 5.41. The molecule has 1 aliphatic rings. The molecule has 0 fully saturated rings. The van der Waals surface area contributed by atoms with Crippen molar-refractivity contribution >= 4 is 87.4 Å². The zero-order valence-electron chi connectivity index (χ0n) is 35.8. The first-order valence-electron chi connectivity index (χ1n) is 22.8. The minimum absolute atomic E-state index is 0.0236. The Morgan fingerprint density at radius 1 is 0.343 bits per heavy atom. The van der Waals surface area contributed by atoms with Crippen LogP contribution in [0.15, 0.2) is 207 Å². The summed E-state index contributed by atoms with van der Waals surface area (Å²) in [6, 6.07) is 68.3. The molecule has 0 radical (unpaired) electrons. The molecule has 0 bridgehead atoms. The van der Waals surface area contributed by atoms with Crippen LogP contribution in [0.3, 0.4) is 0 Å². The fraction of sp³-hybridized carbons (Fsp3) is 0.0328. The van der Waals surface area contributed by atoms with E-state index in [-0.39, 0.29) is 5.92 Å². The summed E-state index contributed by atoms with van der Waals surface area (Å²) in [7, 11) is 0. The number of fused-ring (bicyclic) bond motifs is 15. The lowest BCUT2D eigenvalue weighted by molar-refractivity contribution is 0.668. The van der Waals surface area contributed by atoms with Crippen LogP contribution >= 0.6 is 0 Å². The molecule has 1 aliphatic carbocycles. The molecule has 67 heavy (non-hydrogen) atoms. The van der Waals surface area contributed by atoms with E-state index in [1.165, 1.54) is 38.6 Å². The second-order valence-electron chi connectivity index (χ2n) is 17.8. The second-order valence-corrected chi connectivity index (χ2v) is 17.8. The second kappa shape index (κ2) is 13.8. The molecule has 0 amide bonds. The van der Waals surface area contributed by atoms with E-state index in [1.54, 1.807) is 0 Å². The van der Waals surface area contributed by atoms with Gasteiger partial charge in [-0.1, -0.05) is 140 Å². The van der Waals surface area contributed by atoms with Crippen molar-refractivity contribution < 1.29 is 13.3 Å². The Bertz CT molecular complexity index is 4270. The average molecular weight is 858 g/mol. The lowest BCUT2D eigenvalue weighted by Gasteiger charge is -2.29. The lowest BCUT2D eigenvalue weighted by atomic mass is 9.74. The average Bonchev–Trinajstić information content (AvgIpc) is 4.09. The number of para-hydroxylation sites is 2. The molecule has 6 heteroatoms. The van der Waals surface area contributed by atoms with Crippen molar-refractivity contribution in [3.8, 4) is 45.3 Å². The number of hydrogen-bond donors (Lipinski definition) is 0. The number of benzene rings is 10. The normalized spacial score (nSPS) is 13.8. The van der Waals surface area contributed by atoms with Crippen molar-refractivity contribution in [3.05, 3.63) is 211 Å². The highest BCUT2D eigenvalue weighted by Gasteiger charge is 2.30. The Hall–Kier alpha value is -8.87. The standard InChI is InChI=1S/C61H35N3O3/c1-2-15-36-30-47-45(31-37-16-4-5-17-39(37)46(47)29-35(36)14-1)38-32-48-55-40-18-6-3-13-34(40)27-28-54(55)67-58(48)49(33-38)61-63-59(43-21-11-25-52-56(43)41-19-7-9-23-50(41)65-52)62-60(64-61)44-22-12-26-53-57(44)42-20-8-10-24-51(42)66-53/h1-30,32-33,45H,31H2. The van der Waals surface area contributed by atoms with Crippen LogP contribution in [0.5, 0.6) is 0 Å². The Kier molecular flexibility index (Phi) is 7.52. The SMILES string of the molecule is c1ccc2c(c1)CC(c1cc(-c3nc(-c4cccc5oc6ccccc6c45)nc(-c4cccc5oc6ccccc6c45)n3)c3oc4ccc5ccccc5c4c3c1)c1cc3ccccc3cc1-2. The van der Waals surface area contributed by atoms with Gasteiger partial charge in [0, 0.05) is 49.4 Å². The Balaban J connectivity index is 1.06. The molecule has 0 aliphatic heterocycles. The number of furan rings is 3. The summed E-state index contributed by atoms with van der Waals surface area (Å²) in [5.41, 5.74) is 13.5. The topological polar surface area (TPSA) is 78.1 Å². The van der Waals surface area contributed by atoms with Crippen molar-refractivity contribution in [2.75, 3.05) is 0 Å². The molecule has 4 heterocycles. The summed E-state index contributed by atoms with van der Waals surface area (Å²) in [6.45, 7) is 0. The Labute approximate surface area is 382 Å². The number of aromatic nitrogens is 3. The van der Waals surface area contributed by atoms with Gasteiger partial charge < -0.3 is 13.3 Å². The molecule has 1 unspecified atom stereocenters. The first kappa shape index (κ1) is 36.5. The summed E-state index contributed by atoms with van der Waals surface area (Å²) in [5.74, 6) is 1.60. The van der Waals surface area contributed by atoms with E-state index in [4.69, 9.17) is 28.2 Å². The minimum Gasteiger partial charge on any atom is -0.456 e. The molecule has 4 aromatic heterocycles. The number of hydrogen-bond acceptors (Lipinski definition) is 6. The van der Waals surface area contributed by atoms with E-state index in [2.05, 4.69) is 133 Å². The number of rotatable bonds is 4. The van der Waals surface area contributed by atoms with E-state index in [0.29, 0.717) is 17.5 Å². The quantitative estimate of drug-likeness (QED) is 0.175. The van der Waals surface area contributed by atoms with Crippen LogP contribution in [0.4, 0.5) is 0 Å². The van der Waals surface area contributed by atoms with E-state index in [9.17, 15) is 0 Å². The van der Waals surface area contributed by atoms with Gasteiger partial charge in [-0.05, 0) is 110 Å². The van der Waals surface area contributed by atoms with Crippen LogP contribution in [0.1, 0.15) is 22.6 Å². The van der Waals surface area contributed by atoms with Crippen molar-refractivity contribution in [3.63, 3.8) is 0 Å². The van der Waals surface area contributed by atoms with E-state index >= 15 is 0 Å². The summed E-state index contributed by atoms with van der Waals surface area (Å²) in [5, 5.41) is 10.7. The molecular formula is C61H35N3O3. The largest absolute Gasteiger partial charge is 0.456 e. The maximum Gasteiger partial charge on any atom is 0.167 e. The molecule has 312 valence electrons. The van der Waals surface area contributed by atoms with E-state index in [0.717, 1.165) is 99.7 Å². The van der Waals surface area contributed by atoms with Gasteiger partial charge in [0.1, 0.15) is 33.5 Å². The Morgan fingerprint density at radius 3 is 1.58 bits per heavy atom. The van der Waals surface area contributed by atoms with Gasteiger partial charge in [0.25, 0.3) is 0 Å². The van der Waals surface area contributed by atoms with Gasteiger partial charge in [0.15, 0.2) is 17.5 Å². The smallest absolute Gasteiger partial charge is 0.167 e. The summed E-state index contributed by atoms with van der Waals surface area (Å²) < 4.78 is 19.9. The van der Waals surface area contributed by atoms with E-state index in [1.807, 2.05) is 60.7 Å². The highest BCUT2D eigenvalue weighted by atomic mass is 16.3. The van der Waals surface area contributed by atoms with Crippen molar-refractivity contribution in [2.45, 2.75) is 12.3 Å². The molecule has 0 spiro atoms. The molecule has 10 aromatic carbocycles. The lowest BCUT2D eigenvalue weighted by Crippen LogP contribution is -2.13. The fourth-order valence-electron chi connectivity index (χ4n) is 11.1. The van der Waals surface area contributed by atoms with Crippen LogP contribution < -0.4 is 0 Å². The van der Waals surface area contributed by atoms with Gasteiger partial charge in [-0.15, -0.1) is 0 Å². The van der Waals surface area contributed by atoms with Crippen LogP contribution in [-0.2, 0) is 6.42 Å². The van der Waals surface area contributed by atoms with Crippen LogP contribution in [0, 0.1) is 0 Å².